The number of esters is 2. The fraction of sp³-hybridized carbons (Fsp3) is 0.900. The Balaban J connectivity index is -0.00000924. The first kappa shape index (κ1) is 46.8. The average Bonchev–Trinajstić information content (AvgIpc) is 3.03. The third kappa shape index (κ3) is 41.7. The minimum atomic E-state index is -0.453. The van der Waals surface area contributed by atoms with Gasteiger partial charge in [0, 0.05) is 12.2 Å². The first-order chi connectivity index (χ1) is 21.7. The number of ether oxygens (including phenoxy) is 2. The van der Waals surface area contributed by atoms with Crippen LogP contribution in [0.15, 0.2) is 12.2 Å². The van der Waals surface area contributed by atoms with Crippen molar-refractivity contribution in [2.75, 3.05) is 13.2 Å². The molecule has 0 aliphatic carbocycles. The molecule has 5 heteroatoms. The Morgan fingerprint density at radius 3 is 0.733 bits per heavy atom. The normalized spacial score (nSPS) is 11.2. The molecule has 0 heterocycles. The van der Waals surface area contributed by atoms with Gasteiger partial charge in [0.25, 0.3) is 0 Å². The van der Waals surface area contributed by atoms with Crippen LogP contribution in [0.5, 0.6) is 0 Å². The number of hydrogen-bond donors (Lipinski definition) is 0. The fourth-order valence-corrected chi connectivity index (χ4v) is 5.88. The predicted molar refractivity (Wildman–Crippen MR) is 191 cm³/mol. The molecule has 262 valence electrons. The molecular weight excluding hydrogens is 567 g/mol. The maximum absolute atomic E-state index is 11.8. The molecule has 0 saturated carbocycles. The summed E-state index contributed by atoms with van der Waals surface area (Å²) in [6.07, 6.45) is 44.7. The molecule has 0 fully saturated rings. The van der Waals surface area contributed by atoms with Crippen molar-refractivity contribution in [3.05, 3.63) is 12.2 Å². The molecule has 0 atom stereocenters. The summed E-state index contributed by atoms with van der Waals surface area (Å²) in [5, 5.41) is 0. The second-order valence-corrected chi connectivity index (χ2v) is 13.3. The van der Waals surface area contributed by atoms with E-state index >= 15 is 0 Å². The van der Waals surface area contributed by atoms with E-state index in [1.54, 1.807) is 0 Å². The summed E-state index contributed by atoms with van der Waals surface area (Å²) in [7, 11) is 0. The molecule has 0 aliphatic rings. The van der Waals surface area contributed by atoms with Crippen LogP contribution < -0.4 is 29.6 Å². The van der Waals surface area contributed by atoms with Crippen LogP contribution in [0.1, 0.15) is 221 Å². The molecule has 45 heavy (non-hydrogen) atoms. The maximum Gasteiger partial charge on any atom is 1.00 e. The molecule has 0 aliphatic heterocycles. The summed E-state index contributed by atoms with van der Waals surface area (Å²) in [5.41, 5.74) is 0. The minimum absolute atomic E-state index is 0. The average molecular weight is 645 g/mol. The van der Waals surface area contributed by atoms with Gasteiger partial charge in [-0.1, -0.05) is 206 Å². The Morgan fingerprint density at radius 2 is 0.533 bits per heavy atom. The first-order valence-corrected chi connectivity index (χ1v) is 19.7. The zero-order chi connectivity index (χ0) is 32.0. The third-order valence-corrected chi connectivity index (χ3v) is 8.84. The fourth-order valence-electron chi connectivity index (χ4n) is 5.88. The molecule has 0 aromatic heterocycles. The Morgan fingerprint density at radius 1 is 0.356 bits per heavy atom. The third-order valence-electron chi connectivity index (χ3n) is 8.84. The summed E-state index contributed by atoms with van der Waals surface area (Å²) < 4.78 is 10.4. The molecule has 0 amide bonds. The van der Waals surface area contributed by atoms with Gasteiger partial charge in [0.2, 0.25) is 0 Å². The molecule has 4 nitrogen and oxygen atoms in total. The molecule has 0 aromatic rings. The Kier molecular flexibility index (Phi) is 43.4. The van der Waals surface area contributed by atoms with Gasteiger partial charge in [-0.2, -0.15) is 0 Å². The topological polar surface area (TPSA) is 52.6 Å². The van der Waals surface area contributed by atoms with Crippen LogP contribution in [0.3, 0.4) is 0 Å². The first-order valence-electron chi connectivity index (χ1n) is 19.7. The zero-order valence-corrected chi connectivity index (χ0v) is 32.8. The summed E-state index contributed by atoms with van der Waals surface area (Å²) in [4.78, 5) is 23.6. The van der Waals surface area contributed by atoms with Crippen LogP contribution in [0.2, 0.25) is 0 Å². The zero-order valence-electron chi connectivity index (χ0n) is 31.8. The number of rotatable bonds is 36. The van der Waals surface area contributed by atoms with Crippen LogP contribution >= 0.6 is 0 Å². The van der Waals surface area contributed by atoms with Gasteiger partial charge in [0.05, 0.1) is 13.2 Å². The largest absolute Gasteiger partial charge is 1.00 e. The predicted octanol–water partition coefficient (Wildman–Crippen LogP) is 10.3. The second-order valence-electron chi connectivity index (χ2n) is 13.3. The van der Waals surface area contributed by atoms with Crippen molar-refractivity contribution in [1.29, 1.82) is 0 Å². The molecule has 0 unspecified atom stereocenters. The van der Waals surface area contributed by atoms with Crippen LogP contribution in [0.25, 0.3) is 0 Å². The van der Waals surface area contributed by atoms with E-state index < -0.39 is 11.9 Å². The van der Waals surface area contributed by atoms with Gasteiger partial charge < -0.3 is 10.9 Å². The summed E-state index contributed by atoms with van der Waals surface area (Å²) in [6, 6.07) is 0. The van der Waals surface area contributed by atoms with Crippen molar-refractivity contribution in [3.8, 4) is 0 Å². The molecule has 0 radical (unpaired) electrons. The van der Waals surface area contributed by atoms with Gasteiger partial charge in [-0.05, 0) is 12.8 Å². The maximum atomic E-state index is 11.8. The van der Waals surface area contributed by atoms with Gasteiger partial charge in [0.15, 0.2) is 0 Å². The SMILES string of the molecule is CCCCCCCCCCCCCCCCCCOC(=O)/C=C/C(=O)OCCCCCCCCCCCCCCCCCC.[H-].[Na+]. The number of carbonyl (C=O) groups excluding carboxylic acids is 2. The van der Waals surface area contributed by atoms with Gasteiger partial charge in [-0.25, -0.2) is 9.59 Å². The van der Waals surface area contributed by atoms with Crippen molar-refractivity contribution in [2.24, 2.45) is 0 Å². The molecule has 0 saturated heterocycles. The van der Waals surface area contributed by atoms with Crippen molar-refractivity contribution >= 4 is 11.9 Å². The van der Waals surface area contributed by atoms with Gasteiger partial charge >= 0.3 is 41.5 Å². The van der Waals surface area contributed by atoms with E-state index in [1.807, 2.05) is 0 Å². The Hall–Kier alpha value is -0.320. The standard InChI is InChI=1S/C40H76O4.Na.H/c1-3-5-7-9-11-13-15-17-19-21-23-25-27-29-31-33-37-43-39(41)35-36-40(42)44-38-34-32-30-28-26-24-22-20-18-16-14-12-10-8-6-4-2;;/h35-36H,3-34,37-38H2,1-2H3;;/q;+1;-1/b36-35+;;. The summed E-state index contributed by atoms with van der Waals surface area (Å²) >= 11 is 0. The number of carbonyl (C=O) groups is 2. The van der Waals surface area contributed by atoms with E-state index in [2.05, 4.69) is 13.8 Å². The van der Waals surface area contributed by atoms with Crippen LogP contribution in [0, 0.1) is 0 Å². The van der Waals surface area contributed by atoms with Crippen LogP contribution in [0.4, 0.5) is 0 Å². The van der Waals surface area contributed by atoms with E-state index in [0.29, 0.717) is 13.2 Å². The van der Waals surface area contributed by atoms with Crippen molar-refractivity contribution in [3.63, 3.8) is 0 Å². The number of unbranched alkanes of at least 4 members (excludes halogenated alkanes) is 30. The molecule has 0 aromatic carbocycles. The van der Waals surface area contributed by atoms with Crippen LogP contribution in [-0.4, -0.2) is 25.2 Å². The van der Waals surface area contributed by atoms with E-state index in [1.165, 1.54) is 192 Å². The smallest absolute Gasteiger partial charge is 1.00 e. The molecule has 0 rings (SSSR count). The molecule has 0 spiro atoms. The van der Waals surface area contributed by atoms with E-state index in [4.69, 9.17) is 9.47 Å². The quantitative estimate of drug-likeness (QED) is 0.0295. The molecule has 0 bridgehead atoms. The Bertz CT molecular complexity index is 576. The summed E-state index contributed by atoms with van der Waals surface area (Å²) in [6.45, 7) is 5.41. The van der Waals surface area contributed by atoms with Gasteiger partial charge in [-0.3, -0.25) is 0 Å². The van der Waals surface area contributed by atoms with Gasteiger partial charge in [-0.15, -0.1) is 0 Å². The summed E-state index contributed by atoms with van der Waals surface area (Å²) in [5.74, 6) is -0.907. The van der Waals surface area contributed by atoms with Crippen molar-refractivity contribution in [1.82, 2.24) is 0 Å². The molecular formula is C40H77NaO4. The Labute approximate surface area is 305 Å². The minimum Gasteiger partial charge on any atom is -1.00 e. The van der Waals surface area contributed by atoms with E-state index in [-0.39, 0.29) is 31.0 Å². The second kappa shape index (κ2) is 41.7. The van der Waals surface area contributed by atoms with Crippen LogP contribution in [-0.2, 0) is 19.1 Å². The van der Waals surface area contributed by atoms with Crippen molar-refractivity contribution < 1.29 is 50.0 Å². The number of hydrogen-bond acceptors (Lipinski definition) is 4. The van der Waals surface area contributed by atoms with E-state index in [0.717, 1.165) is 25.7 Å². The van der Waals surface area contributed by atoms with Crippen molar-refractivity contribution in [2.45, 2.75) is 219 Å². The monoisotopic (exact) mass is 645 g/mol. The van der Waals surface area contributed by atoms with E-state index in [9.17, 15) is 9.59 Å². The van der Waals surface area contributed by atoms with Gasteiger partial charge in [0.1, 0.15) is 0 Å². The molecule has 0 N–H and O–H groups in total.